The molecular weight excluding hydrogens is 462 g/mol. The number of aliphatic hydroxyl groups is 1. The molecule has 1 N–H and O–H groups in total. The minimum Gasteiger partial charge on any atom is -0.396 e. The number of hydrogen-bond acceptors (Lipinski definition) is 5. The van der Waals surface area contributed by atoms with Gasteiger partial charge in [-0.3, -0.25) is 14.4 Å². The number of unbranched alkanes of at least 4 members (excludes halogenated alkanes) is 2. The molecule has 3 amide bonds. The minimum atomic E-state index is -0.564. The van der Waals surface area contributed by atoms with E-state index in [1.54, 1.807) is 40.8 Å². The minimum absolute atomic E-state index is 0.00967. The molecule has 3 saturated heterocycles. The molecule has 8 heteroatoms. The third-order valence-electron chi connectivity index (χ3n) is 8.00. The Morgan fingerprint density at radius 1 is 1.23 bits per heavy atom. The lowest BCUT2D eigenvalue weighted by Gasteiger charge is -2.39. The molecule has 0 aromatic heterocycles. The van der Waals surface area contributed by atoms with Crippen molar-refractivity contribution in [2.45, 2.75) is 80.9 Å². The van der Waals surface area contributed by atoms with Gasteiger partial charge in [-0.2, -0.15) is 0 Å². The molecule has 3 unspecified atom stereocenters. The normalized spacial score (nSPS) is 29.7. The highest BCUT2D eigenvalue weighted by Crippen LogP contribution is 2.66. The maximum absolute atomic E-state index is 14.3. The zero-order chi connectivity index (χ0) is 25.8. The van der Waals surface area contributed by atoms with Gasteiger partial charge in [-0.05, 0) is 45.4 Å². The van der Waals surface area contributed by atoms with E-state index in [1.807, 2.05) is 4.90 Å². The van der Waals surface area contributed by atoms with Crippen molar-refractivity contribution >= 4 is 29.5 Å². The van der Waals surface area contributed by atoms with E-state index in [-0.39, 0.29) is 35.6 Å². The van der Waals surface area contributed by atoms with E-state index in [1.165, 1.54) is 0 Å². The molecule has 3 fully saturated rings. The van der Waals surface area contributed by atoms with Gasteiger partial charge in [0.25, 0.3) is 0 Å². The van der Waals surface area contributed by atoms with Crippen molar-refractivity contribution < 1.29 is 19.5 Å². The zero-order valence-corrected chi connectivity index (χ0v) is 22.5. The molecule has 2 bridgehead atoms. The second-order valence-corrected chi connectivity index (χ2v) is 11.9. The summed E-state index contributed by atoms with van der Waals surface area (Å²) in [5.41, 5.74) is 0. The summed E-state index contributed by atoms with van der Waals surface area (Å²) in [7, 11) is 1.76. The molecule has 0 radical (unpaired) electrons. The number of carbonyl (C=O) groups is 3. The summed E-state index contributed by atoms with van der Waals surface area (Å²) in [6, 6.07) is -0.516. The summed E-state index contributed by atoms with van der Waals surface area (Å²) in [6.45, 7) is 13.3. The summed E-state index contributed by atoms with van der Waals surface area (Å²) < 4.78 is -0.559. The van der Waals surface area contributed by atoms with Crippen molar-refractivity contribution in [2.24, 2.45) is 11.8 Å². The number of likely N-dealkylation sites (tertiary alicyclic amines) is 1. The van der Waals surface area contributed by atoms with Crippen LogP contribution < -0.4 is 0 Å². The first-order chi connectivity index (χ1) is 16.8. The van der Waals surface area contributed by atoms with Crippen molar-refractivity contribution in [1.82, 2.24) is 14.7 Å². The second kappa shape index (κ2) is 12.0. The van der Waals surface area contributed by atoms with Gasteiger partial charge >= 0.3 is 0 Å². The average Bonchev–Trinajstić information content (AvgIpc) is 3.47. The van der Waals surface area contributed by atoms with Gasteiger partial charge in [0.05, 0.1) is 16.6 Å². The van der Waals surface area contributed by atoms with Gasteiger partial charge in [0.2, 0.25) is 17.7 Å². The SMILES string of the molecule is C=CCN(C)C(=O)[C@@H]1[C@@H]2CCC3(S2)C(C(=O)N(CC=C)C(C)CCC)N(CCCCCO)C(=O)[C@H]13. The first-order valence-corrected chi connectivity index (χ1v) is 14.0. The molecule has 1 spiro atoms. The van der Waals surface area contributed by atoms with E-state index in [0.717, 1.165) is 38.5 Å². The first kappa shape index (κ1) is 27.8. The number of nitrogens with zero attached hydrogens (tertiary/aromatic N) is 3. The van der Waals surface area contributed by atoms with Crippen LogP contribution in [-0.4, -0.2) is 92.9 Å². The Kier molecular flexibility index (Phi) is 9.49. The molecule has 6 atom stereocenters. The van der Waals surface area contributed by atoms with Crippen LogP contribution in [0.4, 0.5) is 0 Å². The van der Waals surface area contributed by atoms with Crippen LogP contribution in [0.3, 0.4) is 0 Å². The Hall–Kier alpha value is -1.80. The van der Waals surface area contributed by atoms with E-state index >= 15 is 0 Å². The molecule has 0 aromatic carbocycles. The number of thioether (sulfide) groups is 1. The molecule has 3 aliphatic heterocycles. The highest BCUT2D eigenvalue weighted by molar-refractivity contribution is 8.02. The molecule has 0 aliphatic carbocycles. The molecule has 196 valence electrons. The lowest BCUT2D eigenvalue weighted by atomic mass is 9.70. The van der Waals surface area contributed by atoms with Gasteiger partial charge in [-0.25, -0.2) is 0 Å². The smallest absolute Gasteiger partial charge is 0.247 e. The van der Waals surface area contributed by atoms with Crippen LogP contribution in [-0.2, 0) is 14.4 Å². The van der Waals surface area contributed by atoms with Crippen LogP contribution >= 0.6 is 11.8 Å². The summed E-state index contributed by atoms with van der Waals surface area (Å²) in [4.78, 5) is 47.1. The second-order valence-electron chi connectivity index (χ2n) is 10.3. The van der Waals surface area contributed by atoms with Crippen LogP contribution in [0.25, 0.3) is 0 Å². The largest absolute Gasteiger partial charge is 0.396 e. The zero-order valence-electron chi connectivity index (χ0n) is 21.7. The van der Waals surface area contributed by atoms with Gasteiger partial charge in [0.1, 0.15) is 6.04 Å². The Morgan fingerprint density at radius 3 is 2.57 bits per heavy atom. The predicted octanol–water partition coefficient (Wildman–Crippen LogP) is 3.09. The lowest BCUT2D eigenvalue weighted by molar-refractivity contribution is -0.145. The third kappa shape index (κ3) is 5.06. The van der Waals surface area contributed by atoms with Crippen molar-refractivity contribution in [3.05, 3.63) is 25.3 Å². The van der Waals surface area contributed by atoms with E-state index < -0.39 is 22.6 Å². The topological polar surface area (TPSA) is 81.2 Å². The maximum Gasteiger partial charge on any atom is 0.247 e. The monoisotopic (exact) mass is 505 g/mol. The number of hydrogen-bond donors (Lipinski definition) is 1. The van der Waals surface area contributed by atoms with Crippen molar-refractivity contribution in [3.8, 4) is 0 Å². The van der Waals surface area contributed by atoms with Gasteiger partial charge in [-0.15, -0.1) is 24.9 Å². The van der Waals surface area contributed by atoms with Crippen LogP contribution in [0, 0.1) is 11.8 Å². The van der Waals surface area contributed by atoms with Crippen molar-refractivity contribution in [1.29, 1.82) is 0 Å². The van der Waals surface area contributed by atoms with E-state index in [0.29, 0.717) is 26.1 Å². The molecule has 3 aliphatic rings. The third-order valence-corrected chi connectivity index (χ3v) is 9.95. The molecule has 7 nitrogen and oxygen atoms in total. The quantitative estimate of drug-likeness (QED) is 0.290. The number of rotatable bonds is 14. The Morgan fingerprint density at radius 2 is 1.94 bits per heavy atom. The molecular formula is C27H43N3O4S. The van der Waals surface area contributed by atoms with Gasteiger partial charge < -0.3 is 19.8 Å². The average molecular weight is 506 g/mol. The highest BCUT2D eigenvalue weighted by atomic mass is 32.2. The maximum atomic E-state index is 14.3. The van der Waals surface area contributed by atoms with Crippen LogP contribution in [0.5, 0.6) is 0 Å². The van der Waals surface area contributed by atoms with Crippen LogP contribution in [0.15, 0.2) is 25.3 Å². The number of amides is 3. The van der Waals surface area contributed by atoms with E-state index in [9.17, 15) is 19.5 Å². The summed E-state index contributed by atoms with van der Waals surface area (Å²) in [5.74, 6) is -0.939. The molecule has 0 aromatic rings. The molecule has 3 heterocycles. The fourth-order valence-corrected chi connectivity index (χ4v) is 8.63. The summed E-state index contributed by atoms with van der Waals surface area (Å²) in [5, 5.41) is 9.26. The van der Waals surface area contributed by atoms with Crippen molar-refractivity contribution in [2.75, 3.05) is 33.3 Å². The van der Waals surface area contributed by atoms with Crippen LogP contribution in [0.2, 0.25) is 0 Å². The van der Waals surface area contributed by atoms with Gasteiger partial charge in [-0.1, -0.05) is 25.5 Å². The number of fused-ring (bicyclic) bond motifs is 1. The number of aliphatic hydroxyl groups excluding tert-OH is 1. The summed E-state index contributed by atoms with van der Waals surface area (Å²) >= 11 is 1.72. The van der Waals surface area contributed by atoms with Crippen molar-refractivity contribution in [3.63, 3.8) is 0 Å². The predicted molar refractivity (Wildman–Crippen MR) is 141 cm³/mol. The van der Waals surface area contributed by atoms with Gasteiger partial charge in [0.15, 0.2) is 0 Å². The fourth-order valence-electron chi connectivity index (χ4n) is 6.42. The molecule has 0 saturated carbocycles. The number of likely N-dealkylation sites (N-methyl/N-ethyl adjacent to an activating group) is 1. The number of carbonyl (C=O) groups excluding carboxylic acids is 3. The Labute approximate surface area is 215 Å². The first-order valence-electron chi connectivity index (χ1n) is 13.1. The Balaban J connectivity index is 1.99. The van der Waals surface area contributed by atoms with Crippen LogP contribution in [0.1, 0.15) is 58.8 Å². The molecule has 35 heavy (non-hydrogen) atoms. The standard InChI is InChI=1S/C27H43N3O4S/c1-6-12-19(4)29(16-8-3)26(34)23-27-14-13-20(35-27)21(24(32)28(5)15-7-2)22(27)25(33)30(23)17-10-9-11-18-31/h7-8,19-23,31H,2-3,6,9-18H2,1,4-5H3/t19?,20-,21+,22-,23?,27?/m0/s1. The highest BCUT2D eigenvalue weighted by Gasteiger charge is 2.73. The lowest BCUT2D eigenvalue weighted by Crippen LogP contribution is -2.56. The van der Waals surface area contributed by atoms with E-state index in [2.05, 4.69) is 27.0 Å². The fraction of sp³-hybridized carbons (Fsp3) is 0.741. The summed E-state index contributed by atoms with van der Waals surface area (Å²) in [6.07, 6.45) is 9.14. The molecule has 3 rings (SSSR count). The van der Waals surface area contributed by atoms with Gasteiger partial charge in [0, 0.05) is 44.6 Å². The van der Waals surface area contributed by atoms with E-state index in [4.69, 9.17) is 0 Å². The Bertz CT molecular complexity index is 820.